The fraction of sp³-hybridized carbons (Fsp3) is 0.391. The van der Waals surface area contributed by atoms with Gasteiger partial charge < -0.3 is 24.4 Å². The SMILES string of the molecule is COc1cc2ncnc(Nc3ccc(F)c(Cl)c3)c2cc1OCCCN1CC[C@@H](OC)C1. The maximum atomic E-state index is 13.5. The molecule has 1 atom stereocenters. The first-order chi connectivity index (χ1) is 15.6. The fourth-order valence-electron chi connectivity index (χ4n) is 3.81. The van der Waals surface area contributed by atoms with Crippen LogP contribution in [0.2, 0.25) is 5.02 Å². The van der Waals surface area contributed by atoms with Crippen molar-refractivity contribution in [3.05, 3.63) is 47.5 Å². The lowest BCUT2D eigenvalue weighted by Gasteiger charge is -2.17. The van der Waals surface area contributed by atoms with E-state index in [1.54, 1.807) is 20.3 Å². The van der Waals surface area contributed by atoms with E-state index < -0.39 is 5.82 Å². The van der Waals surface area contributed by atoms with Gasteiger partial charge in [-0.3, -0.25) is 0 Å². The number of rotatable bonds is 9. The van der Waals surface area contributed by atoms with Crippen molar-refractivity contribution in [1.29, 1.82) is 0 Å². The van der Waals surface area contributed by atoms with Crippen LogP contribution < -0.4 is 14.8 Å². The van der Waals surface area contributed by atoms with Gasteiger partial charge in [-0.15, -0.1) is 0 Å². The minimum Gasteiger partial charge on any atom is -0.493 e. The second kappa shape index (κ2) is 10.3. The molecule has 1 aromatic heterocycles. The summed E-state index contributed by atoms with van der Waals surface area (Å²) < 4.78 is 30.5. The van der Waals surface area contributed by atoms with Crippen LogP contribution in [0.25, 0.3) is 10.9 Å². The van der Waals surface area contributed by atoms with Crippen molar-refractivity contribution in [3.8, 4) is 11.5 Å². The number of aromatic nitrogens is 2. The summed E-state index contributed by atoms with van der Waals surface area (Å²) in [5.41, 5.74) is 1.32. The number of benzene rings is 2. The van der Waals surface area contributed by atoms with E-state index in [1.807, 2.05) is 12.1 Å². The fourth-order valence-corrected chi connectivity index (χ4v) is 3.99. The van der Waals surface area contributed by atoms with Crippen LogP contribution in [0.15, 0.2) is 36.7 Å². The van der Waals surface area contributed by atoms with E-state index in [0.717, 1.165) is 37.9 Å². The molecule has 1 aliphatic rings. The number of halogens is 2. The quantitative estimate of drug-likeness (QED) is 0.465. The van der Waals surface area contributed by atoms with Crippen LogP contribution in [0.1, 0.15) is 12.8 Å². The Balaban J connectivity index is 1.48. The number of ether oxygens (including phenoxy) is 3. The third-order valence-corrected chi connectivity index (χ3v) is 5.83. The Bertz CT molecular complexity index is 1080. The predicted molar refractivity (Wildman–Crippen MR) is 123 cm³/mol. The predicted octanol–water partition coefficient (Wildman–Crippen LogP) is 4.66. The average Bonchev–Trinajstić information content (AvgIpc) is 3.27. The summed E-state index contributed by atoms with van der Waals surface area (Å²) in [5.74, 6) is 1.31. The molecule has 3 aromatic rings. The van der Waals surface area contributed by atoms with Gasteiger partial charge in [-0.2, -0.15) is 0 Å². The van der Waals surface area contributed by atoms with Crippen molar-refractivity contribution in [1.82, 2.24) is 14.9 Å². The summed E-state index contributed by atoms with van der Waals surface area (Å²) in [6, 6.07) is 8.10. The van der Waals surface area contributed by atoms with Gasteiger partial charge in [0, 0.05) is 43.9 Å². The second-order valence-electron chi connectivity index (χ2n) is 7.65. The van der Waals surface area contributed by atoms with Crippen molar-refractivity contribution in [2.45, 2.75) is 18.9 Å². The molecule has 0 aliphatic carbocycles. The summed E-state index contributed by atoms with van der Waals surface area (Å²) in [5, 5.41) is 3.97. The molecule has 0 bridgehead atoms. The minimum atomic E-state index is -0.475. The zero-order chi connectivity index (χ0) is 22.5. The average molecular weight is 461 g/mol. The highest BCUT2D eigenvalue weighted by Gasteiger charge is 2.21. The maximum Gasteiger partial charge on any atom is 0.162 e. The zero-order valence-corrected chi connectivity index (χ0v) is 18.9. The first kappa shape index (κ1) is 22.5. The summed E-state index contributed by atoms with van der Waals surface area (Å²) >= 11 is 5.90. The Labute approximate surface area is 191 Å². The second-order valence-corrected chi connectivity index (χ2v) is 8.05. The van der Waals surface area contributed by atoms with Crippen LogP contribution >= 0.6 is 11.6 Å². The Hall–Kier alpha value is -2.68. The number of anilines is 2. The topological polar surface area (TPSA) is 68.7 Å². The molecule has 4 rings (SSSR count). The van der Waals surface area contributed by atoms with Crippen molar-refractivity contribution in [3.63, 3.8) is 0 Å². The first-order valence-electron chi connectivity index (χ1n) is 10.5. The molecule has 0 spiro atoms. The van der Waals surface area contributed by atoms with E-state index in [2.05, 4.69) is 20.2 Å². The molecule has 0 unspecified atom stereocenters. The maximum absolute atomic E-state index is 13.5. The van der Waals surface area contributed by atoms with Gasteiger partial charge in [-0.1, -0.05) is 11.6 Å². The summed E-state index contributed by atoms with van der Waals surface area (Å²) in [4.78, 5) is 11.1. The number of methoxy groups -OCH3 is 2. The molecule has 2 heterocycles. The van der Waals surface area contributed by atoms with E-state index in [9.17, 15) is 4.39 Å². The van der Waals surface area contributed by atoms with Gasteiger partial charge in [-0.05, 0) is 37.1 Å². The molecular weight excluding hydrogens is 435 g/mol. The van der Waals surface area contributed by atoms with Gasteiger partial charge in [0.05, 0.1) is 30.4 Å². The van der Waals surface area contributed by atoms with Crippen LogP contribution in [-0.2, 0) is 4.74 Å². The highest BCUT2D eigenvalue weighted by molar-refractivity contribution is 6.31. The molecule has 0 radical (unpaired) electrons. The number of nitrogens with zero attached hydrogens (tertiary/aromatic N) is 3. The number of hydrogen-bond donors (Lipinski definition) is 1. The molecule has 0 saturated carbocycles. The Morgan fingerprint density at radius 2 is 2.06 bits per heavy atom. The normalized spacial score (nSPS) is 16.4. The van der Waals surface area contributed by atoms with Gasteiger partial charge in [0.1, 0.15) is 18.0 Å². The third kappa shape index (κ3) is 5.20. The van der Waals surface area contributed by atoms with Crippen molar-refractivity contribution >= 4 is 34.0 Å². The third-order valence-electron chi connectivity index (χ3n) is 5.54. The van der Waals surface area contributed by atoms with Crippen LogP contribution in [0, 0.1) is 5.82 Å². The summed E-state index contributed by atoms with van der Waals surface area (Å²) in [6.07, 6.45) is 3.75. The number of hydrogen-bond acceptors (Lipinski definition) is 7. The van der Waals surface area contributed by atoms with E-state index >= 15 is 0 Å². The zero-order valence-electron chi connectivity index (χ0n) is 18.1. The summed E-state index contributed by atoms with van der Waals surface area (Å²) in [6.45, 7) is 3.53. The minimum absolute atomic E-state index is 0.0360. The standard InChI is InChI=1S/C23H26ClFN4O3/c1-30-16-6-8-29(13-16)7-3-9-32-22-11-17-20(12-21(22)31-2)26-14-27-23(17)28-15-4-5-19(25)18(24)10-15/h4-5,10-12,14,16H,3,6-9,13H2,1-2H3,(H,26,27,28)/t16-/m1/s1. The molecule has 7 nitrogen and oxygen atoms in total. The number of fused-ring (bicyclic) bond motifs is 1. The Morgan fingerprint density at radius 1 is 1.19 bits per heavy atom. The van der Waals surface area contributed by atoms with E-state index in [0.29, 0.717) is 41.2 Å². The van der Waals surface area contributed by atoms with E-state index in [1.165, 1.54) is 18.5 Å². The largest absolute Gasteiger partial charge is 0.493 e. The van der Waals surface area contributed by atoms with E-state index in [4.69, 9.17) is 25.8 Å². The molecule has 1 fully saturated rings. The number of nitrogens with one attached hydrogen (secondary N) is 1. The van der Waals surface area contributed by atoms with Crippen LogP contribution in [0.4, 0.5) is 15.9 Å². The van der Waals surface area contributed by atoms with Crippen molar-refractivity contribution in [2.24, 2.45) is 0 Å². The van der Waals surface area contributed by atoms with Crippen molar-refractivity contribution in [2.75, 3.05) is 45.8 Å². The smallest absolute Gasteiger partial charge is 0.162 e. The molecule has 9 heteroatoms. The summed E-state index contributed by atoms with van der Waals surface area (Å²) in [7, 11) is 3.37. The van der Waals surface area contributed by atoms with Crippen LogP contribution in [0.5, 0.6) is 11.5 Å². The first-order valence-corrected chi connectivity index (χ1v) is 10.9. The van der Waals surface area contributed by atoms with Crippen LogP contribution in [-0.4, -0.2) is 61.4 Å². The van der Waals surface area contributed by atoms with Gasteiger partial charge in [0.15, 0.2) is 11.5 Å². The molecule has 2 aromatic carbocycles. The monoisotopic (exact) mass is 460 g/mol. The highest BCUT2D eigenvalue weighted by atomic mass is 35.5. The molecule has 170 valence electrons. The van der Waals surface area contributed by atoms with E-state index in [-0.39, 0.29) is 5.02 Å². The molecule has 0 amide bonds. The lowest BCUT2D eigenvalue weighted by molar-refractivity contribution is 0.107. The highest BCUT2D eigenvalue weighted by Crippen LogP contribution is 2.35. The lowest BCUT2D eigenvalue weighted by atomic mass is 10.2. The van der Waals surface area contributed by atoms with Gasteiger partial charge in [0.25, 0.3) is 0 Å². The molecule has 32 heavy (non-hydrogen) atoms. The van der Waals surface area contributed by atoms with Gasteiger partial charge >= 0.3 is 0 Å². The van der Waals surface area contributed by atoms with Crippen LogP contribution in [0.3, 0.4) is 0 Å². The Morgan fingerprint density at radius 3 is 2.81 bits per heavy atom. The van der Waals surface area contributed by atoms with Gasteiger partial charge in [-0.25, -0.2) is 14.4 Å². The molecule has 1 N–H and O–H groups in total. The molecule has 1 saturated heterocycles. The molecule has 1 aliphatic heterocycles. The van der Waals surface area contributed by atoms with Gasteiger partial charge in [0.2, 0.25) is 0 Å². The number of likely N-dealkylation sites (tertiary alicyclic amines) is 1. The lowest BCUT2D eigenvalue weighted by Crippen LogP contribution is -2.25. The van der Waals surface area contributed by atoms with Crippen molar-refractivity contribution < 1.29 is 18.6 Å². The molecular formula is C23H26ClFN4O3. The Kier molecular flexibility index (Phi) is 7.24.